The summed E-state index contributed by atoms with van der Waals surface area (Å²) in [5, 5.41) is 15.4. The fourth-order valence-electron chi connectivity index (χ4n) is 3.24. The van der Waals surface area contributed by atoms with E-state index in [4.69, 9.17) is 5.26 Å². The maximum atomic E-state index is 12.4. The van der Waals surface area contributed by atoms with E-state index >= 15 is 0 Å². The Hall–Kier alpha value is -2.27. The molecule has 5 nitrogen and oxygen atoms in total. The lowest BCUT2D eigenvalue weighted by atomic mass is 9.93. The maximum Gasteiger partial charge on any atom is 0.401 e. The molecule has 0 spiro atoms. The van der Waals surface area contributed by atoms with Gasteiger partial charge in [0, 0.05) is 20.1 Å². The van der Waals surface area contributed by atoms with Gasteiger partial charge in [-0.15, -0.1) is 0 Å². The predicted octanol–water partition coefficient (Wildman–Crippen LogP) is 2.89. The quantitative estimate of drug-likeness (QED) is 0.588. The highest BCUT2D eigenvalue weighted by Crippen LogP contribution is 2.23. The van der Waals surface area contributed by atoms with E-state index in [1.807, 2.05) is 18.2 Å². The molecule has 1 fully saturated rings. The van der Waals surface area contributed by atoms with E-state index in [2.05, 4.69) is 21.7 Å². The van der Waals surface area contributed by atoms with E-state index in [9.17, 15) is 13.2 Å². The van der Waals surface area contributed by atoms with Crippen LogP contribution in [0, 0.1) is 17.2 Å². The first-order valence-corrected chi connectivity index (χ1v) is 9.12. The number of nitriles is 1. The molecule has 1 aliphatic rings. The van der Waals surface area contributed by atoms with Crippen molar-refractivity contribution >= 4 is 5.96 Å². The lowest BCUT2D eigenvalue weighted by Crippen LogP contribution is -2.41. The van der Waals surface area contributed by atoms with Crippen molar-refractivity contribution in [1.82, 2.24) is 15.5 Å². The van der Waals surface area contributed by atoms with Crippen LogP contribution in [0.4, 0.5) is 13.2 Å². The van der Waals surface area contributed by atoms with Crippen LogP contribution in [0.2, 0.25) is 0 Å². The number of nitrogens with zero attached hydrogens (tertiary/aromatic N) is 3. The molecule has 8 heteroatoms. The minimum Gasteiger partial charge on any atom is -0.356 e. The van der Waals surface area contributed by atoms with E-state index in [1.165, 1.54) is 4.90 Å². The van der Waals surface area contributed by atoms with Gasteiger partial charge in [-0.05, 0) is 56.0 Å². The van der Waals surface area contributed by atoms with Crippen LogP contribution in [0.5, 0.6) is 0 Å². The van der Waals surface area contributed by atoms with Crippen LogP contribution in [0.25, 0.3) is 0 Å². The summed E-state index contributed by atoms with van der Waals surface area (Å²) in [6, 6.07) is 9.49. The third-order valence-electron chi connectivity index (χ3n) is 4.69. The largest absolute Gasteiger partial charge is 0.401 e. The Labute approximate surface area is 158 Å². The van der Waals surface area contributed by atoms with Gasteiger partial charge >= 0.3 is 6.18 Å². The topological polar surface area (TPSA) is 63.5 Å². The number of halogens is 3. The summed E-state index contributed by atoms with van der Waals surface area (Å²) >= 11 is 0. The average Bonchev–Trinajstić information content (AvgIpc) is 2.65. The second kappa shape index (κ2) is 10.2. The van der Waals surface area contributed by atoms with Gasteiger partial charge in [0.15, 0.2) is 5.96 Å². The summed E-state index contributed by atoms with van der Waals surface area (Å²) in [5.74, 6) is 1.11. The van der Waals surface area contributed by atoms with Gasteiger partial charge in [-0.2, -0.15) is 18.4 Å². The van der Waals surface area contributed by atoms with Gasteiger partial charge in [0.05, 0.1) is 18.2 Å². The Morgan fingerprint density at radius 2 is 2.04 bits per heavy atom. The van der Waals surface area contributed by atoms with Crippen molar-refractivity contribution in [3.05, 3.63) is 35.4 Å². The minimum atomic E-state index is -4.11. The zero-order chi connectivity index (χ0) is 19.7. The highest BCUT2D eigenvalue weighted by atomic mass is 19.4. The molecule has 2 rings (SSSR count). The molecule has 1 saturated heterocycles. The zero-order valence-corrected chi connectivity index (χ0v) is 15.5. The van der Waals surface area contributed by atoms with Crippen molar-refractivity contribution in [2.75, 3.05) is 33.2 Å². The monoisotopic (exact) mass is 381 g/mol. The molecular formula is C19H26F3N5. The number of rotatable bonds is 6. The lowest BCUT2D eigenvalue weighted by molar-refractivity contribution is -0.148. The van der Waals surface area contributed by atoms with Gasteiger partial charge in [-0.1, -0.05) is 12.1 Å². The fourth-order valence-corrected chi connectivity index (χ4v) is 3.24. The van der Waals surface area contributed by atoms with Crippen molar-refractivity contribution in [3.63, 3.8) is 0 Å². The molecule has 2 N–H and O–H groups in total. The molecule has 0 aliphatic carbocycles. The molecule has 1 aromatic rings. The molecule has 0 unspecified atom stereocenters. The summed E-state index contributed by atoms with van der Waals surface area (Å²) in [6.45, 7) is 1.49. The first-order valence-electron chi connectivity index (χ1n) is 9.12. The van der Waals surface area contributed by atoms with E-state index in [-0.39, 0.29) is 0 Å². The molecule has 1 aliphatic heterocycles. The Morgan fingerprint density at radius 1 is 1.30 bits per heavy atom. The summed E-state index contributed by atoms with van der Waals surface area (Å²) in [6.07, 6.45) is -1.61. The van der Waals surface area contributed by atoms with Crippen molar-refractivity contribution < 1.29 is 13.2 Å². The van der Waals surface area contributed by atoms with E-state index < -0.39 is 12.7 Å². The standard InChI is InChI=1S/C19H26F3N5/c1-24-18(26-13-17-4-2-3-16(11-17)12-23)25-8-5-15-6-9-27(10-7-15)14-19(20,21)22/h2-4,11,15H,5-10,13-14H2,1H3,(H2,24,25,26). The minimum absolute atomic E-state index is 0.437. The highest BCUT2D eigenvalue weighted by molar-refractivity contribution is 5.79. The highest BCUT2D eigenvalue weighted by Gasteiger charge is 2.32. The summed E-state index contributed by atoms with van der Waals surface area (Å²) in [7, 11) is 1.69. The van der Waals surface area contributed by atoms with Crippen LogP contribution < -0.4 is 10.6 Å². The van der Waals surface area contributed by atoms with Crippen LogP contribution >= 0.6 is 0 Å². The van der Waals surface area contributed by atoms with Crippen molar-refractivity contribution in [2.45, 2.75) is 32.0 Å². The van der Waals surface area contributed by atoms with E-state index in [0.29, 0.717) is 37.1 Å². The maximum absolute atomic E-state index is 12.4. The first-order chi connectivity index (χ1) is 12.9. The number of aliphatic imine (C=N–C) groups is 1. The molecule has 0 aromatic heterocycles. The molecule has 0 saturated carbocycles. The van der Waals surface area contributed by atoms with Gasteiger partial charge < -0.3 is 10.6 Å². The molecule has 0 atom stereocenters. The second-order valence-corrected chi connectivity index (χ2v) is 6.79. The zero-order valence-electron chi connectivity index (χ0n) is 15.5. The predicted molar refractivity (Wildman–Crippen MR) is 99.2 cm³/mol. The van der Waals surface area contributed by atoms with E-state index in [1.54, 1.807) is 13.1 Å². The number of hydrogen-bond acceptors (Lipinski definition) is 3. The van der Waals surface area contributed by atoms with Gasteiger partial charge in [-0.25, -0.2) is 0 Å². The number of nitrogens with one attached hydrogen (secondary N) is 2. The Morgan fingerprint density at radius 3 is 2.67 bits per heavy atom. The van der Waals surface area contributed by atoms with Crippen LogP contribution in [-0.4, -0.2) is 50.3 Å². The second-order valence-electron chi connectivity index (χ2n) is 6.79. The molecular weight excluding hydrogens is 355 g/mol. The first kappa shape index (κ1) is 21.0. The Kier molecular flexibility index (Phi) is 7.92. The van der Waals surface area contributed by atoms with Gasteiger partial charge in [0.25, 0.3) is 0 Å². The van der Waals surface area contributed by atoms with Crippen LogP contribution in [-0.2, 0) is 6.54 Å². The average molecular weight is 381 g/mol. The molecule has 0 amide bonds. The molecule has 1 heterocycles. The molecule has 1 aromatic carbocycles. The van der Waals surface area contributed by atoms with Gasteiger partial charge in [-0.3, -0.25) is 9.89 Å². The Bertz CT molecular complexity index is 658. The third kappa shape index (κ3) is 7.87. The van der Waals surface area contributed by atoms with Gasteiger partial charge in [0.2, 0.25) is 0 Å². The third-order valence-corrected chi connectivity index (χ3v) is 4.69. The number of benzene rings is 1. The number of guanidine groups is 1. The number of piperidine rings is 1. The lowest BCUT2D eigenvalue weighted by Gasteiger charge is -2.32. The van der Waals surface area contributed by atoms with Crippen LogP contribution in [0.3, 0.4) is 0 Å². The Balaban J connectivity index is 1.66. The molecule has 27 heavy (non-hydrogen) atoms. The van der Waals surface area contributed by atoms with Gasteiger partial charge in [0.1, 0.15) is 0 Å². The SMILES string of the molecule is CN=C(NCCC1CCN(CC(F)(F)F)CC1)NCc1cccc(C#N)c1. The summed E-state index contributed by atoms with van der Waals surface area (Å²) in [5.41, 5.74) is 1.61. The number of likely N-dealkylation sites (tertiary alicyclic amines) is 1. The smallest absolute Gasteiger partial charge is 0.356 e. The van der Waals surface area contributed by atoms with Crippen LogP contribution in [0.1, 0.15) is 30.4 Å². The summed E-state index contributed by atoms with van der Waals surface area (Å²) < 4.78 is 37.3. The van der Waals surface area contributed by atoms with Crippen molar-refractivity contribution in [2.24, 2.45) is 10.9 Å². The fraction of sp³-hybridized carbons (Fsp3) is 0.579. The molecule has 148 valence electrons. The number of alkyl halides is 3. The normalized spacial score (nSPS) is 16.8. The van der Waals surface area contributed by atoms with Crippen LogP contribution in [0.15, 0.2) is 29.3 Å². The van der Waals surface area contributed by atoms with Crippen molar-refractivity contribution in [3.8, 4) is 6.07 Å². The summed E-state index contributed by atoms with van der Waals surface area (Å²) in [4.78, 5) is 5.66. The van der Waals surface area contributed by atoms with Crippen molar-refractivity contribution in [1.29, 1.82) is 5.26 Å². The molecule has 0 bridgehead atoms. The number of hydrogen-bond donors (Lipinski definition) is 2. The van der Waals surface area contributed by atoms with E-state index in [0.717, 1.165) is 31.4 Å². The molecule has 0 radical (unpaired) electrons.